The fourth-order valence-electron chi connectivity index (χ4n) is 2.11. The van der Waals surface area contributed by atoms with Gasteiger partial charge in [-0.3, -0.25) is 5.32 Å². The van der Waals surface area contributed by atoms with Crippen LogP contribution in [0, 0.1) is 11.3 Å². The molecule has 3 aromatic rings. The van der Waals surface area contributed by atoms with Crippen molar-refractivity contribution in [2.45, 2.75) is 6.61 Å². The van der Waals surface area contributed by atoms with Gasteiger partial charge in [0.05, 0.1) is 5.69 Å². The minimum atomic E-state index is -0.566. The Morgan fingerprint density at radius 3 is 2.64 bits per heavy atom. The zero-order valence-electron chi connectivity index (χ0n) is 11.6. The lowest BCUT2D eigenvalue weighted by atomic mass is 10.2. The minimum absolute atomic E-state index is 0.191. The van der Waals surface area contributed by atoms with Gasteiger partial charge in [-0.2, -0.15) is 5.26 Å². The van der Waals surface area contributed by atoms with Crippen molar-refractivity contribution in [2.24, 2.45) is 0 Å². The number of rotatable bonds is 3. The molecule has 0 atom stereocenters. The average Bonchev–Trinajstić information content (AvgIpc) is 2.92. The number of hydrogen-bond donors (Lipinski definition) is 1. The van der Waals surface area contributed by atoms with Crippen LogP contribution in [0.3, 0.4) is 0 Å². The molecule has 0 radical (unpaired) electrons. The van der Waals surface area contributed by atoms with Gasteiger partial charge in [0.2, 0.25) is 0 Å². The van der Waals surface area contributed by atoms with Gasteiger partial charge < -0.3 is 4.74 Å². The number of hydrogen-bond acceptors (Lipinski definition) is 4. The smallest absolute Gasteiger partial charge is 0.412 e. The first kappa shape index (κ1) is 14.1. The second kappa shape index (κ2) is 6.29. The lowest BCUT2D eigenvalue weighted by Gasteiger charge is -2.07. The van der Waals surface area contributed by atoms with E-state index in [0.717, 1.165) is 15.6 Å². The van der Waals surface area contributed by atoms with E-state index in [4.69, 9.17) is 4.74 Å². The Morgan fingerprint density at radius 1 is 1.14 bits per heavy atom. The van der Waals surface area contributed by atoms with Crippen molar-refractivity contribution >= 4 is 33.2 Å². The van der Waals surface area contributed by atoms with E-state index in [1.165, 1.54) is 11.3 Å². The molecule has 1 aromatic heterocycles. The van der Waals surface area contributed by atoms with Crippen LogP contribution >= 0.6 is 11.3 Å². The zero-order valence-corrected chi connectivity index (χ0v) is 12.4. The maximum Gasteiger partial charge on any atom is 0.412 e. The molecule has 1 N–H and O–H groups in total. The van der Waals surface area contributed by atoms with Gasteiger partial charge in [-0.15, -0.1) is 11.3 Å². The van der Waals surface area contributed by atoms with Crippen LogP contribution in [0.4, 0.5) is 10.5 Å². The van der Waals surface area contributed by atoms with Gasteiger partial charge in [-0.25, -0.2) is 4.79 Å². The molecule has 0 saturated heterocycles. The predicted molar refractivity (Wildman–Crippen MR) is 86.8 cm³/mol. The van der Waals surface area contributed by atoms with Crippen molar-refractivity contribution in [2.75, 3.05) is 5.32 Å². The summed E-state index contributed by atoms with van der Waals surface area (Å²) in [6.45, 7) is 0.191. The van der Waals surface area contributed by atoms with E-state index in [2.05, 4.69) is 11.4 Å². The first-order chi connectivity index (χ1) is 10.8. The normalized spacial score (nSPS) is 10.1. The highest BCUT2D eigenvalue weighted by Gasteiger charge is 2.14. The highest BCUT2D eigenvalue weighted by atomic mass is 32.1. The first-order valence-corrected chi connectivity index (χ1v) is 7.49. The molecule has 0 fully saturated rings. The standard InChI is InChI=1S/C17H12N2O2S/c18-10-15-16(13-8-4-5-9-14(13)22-15)19-17(20)21-11-12-6-2-1-3-7-12/h1-9H,11H2,(H,19,20). The first-order valence-electron chi connectivity index (χ1n) is 6.67. The van der Waals surface area contributed by atoms with E-state index in [0.29, 0.717) is 10.6 Å². The van der Waals surface area contributed by atoms with E-state index in [1.807, 2.05) is 54.6 Å². The Labute approximate surface area is 131 Å². The average molecular weight is 308 g/mol. The number of thiophene rings is 1. The number of nitriles is 1. The number of benzene rings is 2. The largest absolute Gasteiger partial charge is 0.444 e. The van der Waals surface area contributed by atoms with E-state index in [9.17, 15) is 10.1 Å². The van der Waals surface area contributed by atoms with Crippen molar-refractivity contribution < 1.29 is 9.53 Å². The molecule has 3 rings (SSSR count). The van der Waals surface area contributed by atoms with Crippen molar-refractivity contribution in [3.8, 4) is 6.07 Å². The molecule has 5 heteroatoms. The van der Waals surface area contributed by atoms with Gasteiger partial charge >= 0.3 is 6.09 Å². The quantitative estimate of drug-likeness (QED) is 0.773. The van der Waals surface area contributed by atoms with Crippen LogP contribution in [0.5, 0.6) is 0 Å². The zero-order chi connectivity index (χ0) is 15.4. The van der Waals surface area contributed by atoms with E-state index < -0.39 is 6.09 Å². The lowest BCUT2D eigenvalue weighted by Crippen LogP contribution is -2.13. The van der Waals surface area contributed by atoms with E-state index >= 15 is 0 Å². The molecule has 1 amide bonds. The summed E-state index contributed by atoms with van der Waals surface area (Å²) in [6, 6.07) is 19.1. The van der Waals surface area contributed by atoms with Gasteiger partial charge in [0.15, 0.2) is 0 Å². The molecule has 108 valence electrons. The molecule has 0 aliphatic heterocycles. The molecule has 0 bridgehead atoms. The Bertz CT molecular complexity index is 850. The Kier molecular flexibility index (Phi) is 4.03. The van der Waals surface area contributed by atoms with Crippen LogP contribution < -0.4 is 5.32 Å². The SMILES string of the molecule is N#Cc1sc2ccccc2c1NC(=O)OCc1ccccc1. The number of carbonyl (C=O) groups excluding carboxylic acids is 1. The summed E-state index contributed by atoms with van der Waals surface area (Å²) in [7, 11) is 0. The number of nitrogens with zero attached hydrogens (tertiary/aromatic N) is 1. The molecule has 1 heterocycles. The molecule has 0 unspecified atom stereocenters. The summed E-state index contributed by atoms with van der Waals surface area (Å²) in [5, 5.41) is 12.7. The van der Waals surface area contributed by atoms with Crippen molar-refractivity contribution in [3.05, 3.63) is 65.0 Å². The van der Waals surface area contributed by atoms with Crippen LogP contribution in [-0.2, 0) is 11.3 Å². The number of amides is 1. The van der Waals surface area contributed by atoms with Crippen molar-refractivity contribution in [3.63, 3.8) is 0 Å². The summed E-state index contributed by atoms with van der Waals surface area (Å²) in [6.07, 6.45) is -0.566. The number of ether oxygens (including phenoxy) is 1. The van der Waals surface area contributed by atoms with Crippen LogP contribution in [-0.4, -0.2) is 6.09 Å². The molecule has 4 nitrogen and oxygen atoms in total. The summed E-state index contributed by atoms with van der Waals surface area (Å²) >= 11 is 1.35. The monoisotopic (exact) mass is 308 g/mol. The maximum absolute atomic E-state index is 12.0. The number of anilines is 1. The third kappa shape index (κ3) is 2.92. The van der Waals surface area contributed by atoms with Gasteiger partial charge in [0.1, 0.15) is 17.6 Å². The molecular weight excluding hydrogens is 296 g/mol. The number of carbonyl (C=O) groups is 1. The van der Waals surface area contributed by atoms with Gasteiger partial charge in [0.25, 0.3) is 0 Å². The number of nitrogens with one attached hydrogen (secondary N) is 1. The minimum Gasteiger partial charge on any atom is -0.444 e. The molecular formula is C17H12N2O2S. The van der Waals surface area contributed by atoms with E-state index in [1.54, 1.807) is 0 Å². The third-order valence-corrected chi connectivity index (χ3v) is 4.21. The van der Waals surface area contributed by atoms with E-state index in [-0.39, 0.29) is 6.61 Å². The van der Waals surface area contributed by atoms with Crippen molar-refractivity contribution in [1.29, 1.82) is 5.26 Å². The molecule has 2 aromatic carbocycles. The molecule has 0 saturated carbocycles. The van der Waals surface area contributed by atoms with Gasteiger partial charge in [-0.05, 0) is 11.6 Å². The summed E-state index contributed by atoms with van der Waals surface area (Å²) < 4.78 is 6.15. The van der Waals surface area contributed by atoms with Crippen LogP contribution in [0.25, 0.3) is 10.1 Å². The van der Waals surface area contributed by atoms with Crippen molar-refractivity contribution in [1.82, 2.24) is 0 Å². The maximum atomic E-state index is 12.0. The summed E-state index contributed by atoms with van der Waals surface area (Å²) in [5.41, 5.74) is 1.43. The molecule has 0 spiro atoms. The fourth-order valence-corrected chi connectivity index (χ4v) is 3.06. The summed E-state index contributed by atoms with van der Waals surface area (Å²) in [5.74, 6) is 0. The second-order valence-electron chi connectivity index (χ2n) is 4.60. The Balaban J connectivity index is 1.75. The fraction of sp³-hybridized carbons (Fsp3) is 0.0588. The highest BCUT2D eigenvalue weighted by molar-refractivity contribution is 7.20. The van der Waals surface area contributed by atoms with Gasteiger partial charge in [0, 0.05) is 10.1 Å². The summed E-state index contributed by atoms with van der Waals surface area (Å²) in [4.78, 5) is 12.4. The lowest BCUT2D eigenvalue weighted by molar-refractivity contribution is 0.155. The third-order valence-electron chi connectivity index (χ3n) is 3.14. The number of fused-ring (bicyclic) bond motifs is 1. The van der Waals surface area contributed by atoms with Crippen LogP contribution in [0.2, 0.25) is 0 Å². The predicted octanol–water partition coefficient (Wildman–Crippen LogP) is 4.52. The molecule has 0 aliphatic carbocycles. The highest BCUT2D eigenvalue weighted by Crippen LogP contribution is 2.35. The topological polar surface area (TPSA) is 62.1 Å². The molecule has 22 heavy (non-hydrogen) atoms. The Hall–Kier alpha value is -2.84. The Morgan fingerprint density at radius 2 is 1.86 bits per heavy atom. The van der Waals surface area contributed by atoms with Gasteiger partial charge in [-0.1, -0.05) is 48.5 Å². The van der Waals surface area contributed by atoms with Crippen LogP contribution in [0.15, 0.2) is 54.6 Å². The molecule has 0 aliphatic rings. The second-order valence-corrected chi connectivity index (χ2v) is 5.65. The van der Waals surface area contributed by atoms with Crippen LogP contribution in [0.1, 0.15) is 10.4 Å².